The van der Waals surface area contributed by atoms with Gasteiger partial charge in [-0.1, -0.05) is 91.9 Å². The van der Waals surface area contributed by atoms with Crippen LogP contribution in [0.4, 0.5) is 0 Å². The van der Waals surface area contributed by atoms with E-state index in [1.54, 1.807) is 0 Å². The van der Waals surface area contributed by atoms with Crippen LogP contribution in [0.5, 0.6) is 11.5 Å². The lowest BCUT2D eigenvalue weighted by molar-refractivity contribution is 0.121. The summed E-state index contributed by atoms with van der Waals surface area (Å²) >= 11 is 0. The van der Waals surface area contributed by atoms with Gasteiger partial charge in [-0.05, 0) is 128 Å². The predicted octanol–water partition coefficient (Wildman–Crippen LogP) is 11.4. The van der Waals surface area contributed by atoms with Gasteiger partial charge in [-0.3, -0.25) is 0 Å². The van der Waals surface area contributed by atoms with Gasteiger partial charge in [-0.2, -0.15) is 0 Å². The largest absolute Gasteiger partial charge is 0.457 e. The Labute approximate surface area is 265 Å². The number of fused-ring (bicyclic) bond motifs is 4. The molecule has 3 heteroatoms. The van der Waals surface area contributed by atoms with E-state index in [-0.39, 0.29) is 21.9 Å². The Kier molecular flexibility index (Phi) is 7.67. The molecule has 0 spiro atoms. The van der Waals surface area contributed by atoms with Crippen LogP contribution in [-0.2, 0) is 10.8 Å². The van der Waals surface area contributed by atoms with E-state index in [2.05, 4.69) is 162 Å². The minimum atomic E-state index is -1.88. The van der Waals surface area contributed by atoms with Crippen molar-refractivity contribution in [3.05, 3.63) is 76.9 Å². The second-order valence-corrected chi connectivity index (χ2v) is 22.5. The Hall–Kier alpha value is -2.10. The number of allylic oxidation sites excluding steroid dienone is 4. The molecule has 0 aromatic heterocycles. The Bertz CT molecular complexity index is 1420. The molecule has 3 aliphatic rings. The first-order valence-corrected chi connectivity index (χ1v) is 19.8. The zero-order valence-electron chi connectivity index (χ0n) is 29.9. The molecule has 2 aromatic rings. The predicted molar refractivity (Wildman–Crippen MR) is 189 cm³/mol. The van der Waals surface area contributed by atoms with E-state index >= 15 is 0 Å². The molecule has 0 heterocycles. The molecular weight excluding hydrogens is 539 g/mol. The van der Waals surface area contributed by atoms with E-state index < -0.39 is 8.24 Å². The van der Waals surface area contributed by atoms with Crippen LogP contribution in [0.1, 0.15) is 107 Å². The fourth-order valence-corrected chi connectivity index (χ4v) is 16.7. The van der Waals surface area contributed by atoms with Crippen LogP contribution < -0.4 is 4.74 Å². The molecule has 0 radical (unpaired) electrons. The lowest BCUT2D eigenvalue weighted by Gasteiger charge is -2.57. The summed E-state index contributed by atoms with van der Waals surface area (Å²) in [5.41, 5.74) is 8.18. The first-order valence-electron chi connectivity index (χ1n) is 16.7. The molecule has 5 atom stereocenters. The van der Waals surface area contributed by atoms with Gasteiger partial charge in [0.05, 0.1) is 0 Å². The van der Waals surface area contributed by atoms with E-state index in [1.165, 1.54) is 27.8 Å². The van der Waals surface area contributed by atoms with Crippen molar-refractivity contribution in [1.29, 1.82) is 0 Å². The third-order valence-electron chi connectivity index (χ3n) is 11.2. The highest BCUT2D eigenvalue weighted by Crippen LogP contribution is 2.63. The molecule has 1 saturated carbocycles. The summed E-state index contributed by atoms with van der Waals surface area (Å²) in [6.07, 6.45) is 5.46. The van der Waals surface area contributed by atoms with Crippen LogP contribution in [0.25, 0.3) is 5.57 Å². The topological polar surface area (TPSA) is 12.5 Å². The molecule has 43 heavy (non-hydrogen) atoms. The molecule has 5 rings (SSSR count). The van der Waals surface area contributed by atoms with Gasteiger partial charge in [-0.15, -0.1) is 0 Å². The molecule has 3 aliphatic carbocycles. The summed E-state index contributed by atoms with van der Waals surface area (Å²) in [7, 11) is -1.88. The average Bonchev–Trinajstić information content (AvgIpc) is 3.22. The number of ether oxygens (including phenoxy) is 1. The zero-order valence-corrected chi connectivity index (χ0v) is 30.9. The molecule has 2 aromatic carbocycles. The maximum Gasteiger partial charge on any atom is 0.127 e. The summed E-state index contributed by atoms with van der Waals surface area (Å²) in [6, 6.07) is 15.4. The van der Waals surface area contributed by atoms with Crippen LogP contribution in [-0.4, -0.2) is 23.9 Å². The molecule has 1 fully saturated rings. The van der Waals surface area contributed by atoms with Crippen LogP contribution >= 0.6 is 0 Å². The van der Waals surface area contributed by atoms with Crippen molar-refractivity contribution in [2.24, 2.45) is 23.7 Å². The number of nitrogens with zero attached hydrogens (tertiary/aromatic N) is 1. The van der Waals surface area contributed by atoms with Crippen molar-refractivity contribution in [3.63, 3.8) is 0 Å². The highest BCUT2D eigenvalue weighted by atomic mass is 28.3. The molecule has 5 unspecified atom stereocenters. The SMILES string of the molecule is CC1C(C)C([Si](C)(C)N(C(C)(C)C)C(C)(C)C)C2C=C3C(=CC12)C(C)(C)c1cc(Oc2ccc(C(C)(C)C)cc2)ccc13. The summed E-state index contributed by atoms with van der Waals surface area (Å²) in [6.45, 7) is 36.6. The molecule has 0 bridgehead atoms. The van der Waals surface area contributed by atoms with Crippen molar-refractivity contribution < 1.29 is 4.74 Å². The maximum atomic E-state index is 6.44. The highest BCUT2D eigenvalue weighted by molar-refractivity contribution is 6.76. The van der Waals surface area contributed by atoms with Crippen molar-refractivity contribution in [2.75, 3.05) is 0 Å². The average molecular weight is 598 g/mol. The Morgan fingerprint density at radius 2 is 1.28 bits per heavy atom. The smallest absolute Gasteiger partial charge is 0.127 e. The van der Waals surface area contributed by atoms with Gasteiger partial charge < -0.3 is 9.30 Å². The molecular formula is C40H59NOSi. The second kappa shape index (κ2) is 10.2. The molecule has 0 saturated heterocycles. The lowest BCUT2D eigenvalue weighted by atomic mass is 9.75. The van der Waals surface area contributed by atoms with E-state index in [9.17, 15) is 0 Å². The second-order valence-electron chi connectivity index (χ2n) is 18.1. The first-order chi connectivity index (χ1) is 19.6. The minimum Gasteiger partial charge on any atom is -0.457 e. The lowest BCUT2D eigenvalue weighted by Crippen LogP contribution is -2.67. The summed E-state index contributed by atoms with van der Waals surface area (Å²) < 4.78 is 9.39. The third-order valence-corrected chi connectivity index (χ3v) is 16.2. The third kappa shape index (κ3) is 5.41. The fraction of sp³-hybridized carbons (Fsp3) is 0.600. The molecule has 234 valence electrons. The highest BCUT2D eigenvalue weighted by Gasteiger charge is 2.58. The van der Waals surface area contributed by atoms with E-state index in [0.29, 0.717) is 29.2 Å². The minimum absolute atomic E-state index is 0.0432. The maximum absolute atomic E-state index is 6.44. The van der Waals surface area contributed by atoms with E-state index in [0.717, 1.165) is 11.5 Å². The number of rotatable bonds is 4. The monoisotopic (exact) mass is 597 g/mol. The van der Waals surface area contributed by atoms with Crippen molar-refractivity contribution >= 4 is 13.8 Å². The van der Waals surface area contributed by atoms with E-state index in [1.807, 2.05) is 0 Å². The zero-order chi connectivity index (χ0) is 32.1. The van der Waals surface area contributed by atoms with Crippen LogP contribution in [0.3, 0.4) is 0 Å². The Morgan fingerprint density at radius 1 is 0.721 bits per heavy atom. The quantitative estimate of drug-likeness (QED) is 0.325. The molecule has 0 aliphatic heterocycles. The van der Waals surface area contributed by atoms with Crippen molar-refractivity contribution in [2.45, 2.75) is 131 Å². The molecule has 0 N–H and O–H groups in total. The van der Waals surface area contributed by atoms with Gasteiger partial charge >= 0.3 is 0 Å². The number of benzene rings is 2. The first kappa shape index (κ1) is 32.3. The Morgan fingerprint density at radius 3 is 1.81 bits per heavy atom. The van der Waals surface area contributed by atoms with Gasteiger partial charge in [0.2, 0.25) is 0 Å². The number of hydrogen-bond donors (Lipinski definition) is 0. The van der Waals surface area contributed by atoms with Crippen molar-refractivity contribution in [1.82, 2.24) is 4.57 Å². The van der Waals surface area contributed by atoms with E-state index in [4.69, 9.17) is 4.74 Å². The summed E-state index contributed by atoms with van der Waals surface area (Å²) in [5, 5.41) is 0. The molecule has 0 amide bonds. The van der Waals surface area contributed by atoms with Gasteiger partial charge in [0.15, 0.2) is 0 Å². The normalized spacial score (nSPS) is 26.9. The summed E-state index contributed by atoms with van der Waals surface area (Å²) in [5.74, 6) is 4.36. The van der Waals surface area contributed by atoms with Gasteiger partial charge in [0.1, 0.15) is 19.7 Å². The van der Waals surface area contributed by atoms with Crippen LogP contribution in [0, 0.1) is 23.7 Å². The number of hydrogen-bond acceptors (Lipinski definition) is 2. The van der Waals surface area contributed by atoms with Crippen LogP contribution in [0.2, 0.25) is 18.6 Å². The molecule has 2 nitrogen and oxygen atoms in total. The van der Waals surface area contributed by atoms with Crippen LogP contribution in [0.15, 0.2) is 60.2 Å². The standard InChI is InChI=1S/C40H59NOSi/c1-25-26(2)36(43(14,15)41(38(6,7)8)39(9,10)11)33-23-32-30-21-20-29(22-34(30)40(12,13)35(32)24-31(25)33)42-28-18-16-27(17-19-28)37(3,4)5/h16-26,31,33,36H,1-15H3. The Balaban J connectivity index is 1.53. The van der Waals surface area contributed by atoms with Gasteiger partial charge in [-0.25, -0.2) is 0 Å². The van der Waals surface area contributed by atoms with Gasteiger partial charge in [0.25, 0.3) is 0 Å². The van der Waals surface area contributed by atoms with Gasteiger partial charge in [0, 0.05) is 16.5 Å². The summed E-state index contributed by atoms with van der Waals surface area (Å²) in [4.78, 5) is 0. The fourth-order valence-electron chi connectivity index (χ4n) is 10.1. The van der Waals surface area contributed by atoms with Crippen molar-refractivity contribution in [3.8, 4) is 11.5 Å².